The molecule has 0 spiro atoms. The van der Waals surface area contributed by atoms with Gasteiger partial charge >= 0.3 is 5.97 Å². The highest BCUT2D eigenvalue weighted by Crippen LogP contribution is 2.40. The lowest BCUT2D eigenvalue weighted by Crippen LogP contribution is -2.39. The zero-order valence-electron chi connectivity index (χ0n) is 23.1. The van der Waals surface area contributed by atoms with Crippen LogP contribution in [0.2, 0.25) is 5.02 Å². The van der Waals surface area contributed by atoms with Crippen molar-refractivity contribution in [1.82, 2.24) is 10.6 Å². The summed E-state index contributed by atoms with van der Waals surface area (Å²) in [5.74, 6) is -2.21. The molecule has 1 unspecified atom stereocenters. The molecule has 0 bridgehead atoms. The van der Waals surface area contributed by atoms with Crippen molar-refractivity contribution in [2.75, 3.05) is 26.3 Å². The first-order chi connectivity index (χ1) is 19.9. The van der Waals surface area contributed by atoms with Crippen LogP contribution in [0.1, 0.15) is 48.3 Å². The van der Waals surface area contributed by atoms with Gasteiger partial charge in [0, 0.05) is 29.7 Å². The number of hydrogen-bond acceptors (Lipinski definition) is 5. The molecule has 1 atom stereocenters. The average molecular weight is 574 g/mol. The first-order valence-electron chi connectivity index (χ1n) is 13.8. The number of aliphatic carboxylic acids is 1. The molecular weight excluding hydrogens is 538 g/mol. The molecule has 5 N–H and O–H groups in total. The largest absolute Gasteiger partial charge is 0.478 e. The molecule has 0 saturated heterocycles. The van der Waals surface area contributed by atoms with Crippen molar-refractivity contribution in [1.29, 1.82) is 0 Å². The Labute approximate surface area is 246 Å². The standard InChI is InChI=1S/C33H36ClN3O4/c1-2-27-31(33(39)40)29(24-14-9-15-25(34)20-24)30(28(37-27)21-41-19-17-35)32(38)36-18-16-26(22-10-5-3-6-11-22)23-12-7-4-8-13-23/h3-15,20,26,29,37H,2,16-19,21,35H2,1H3,(H,36,38)(H,39,40). The summed E-state index contributed by atoms with van der Waals surface area (Å²) >= 11 is 6.33. The van der Waals surface area contributed by atoms with Gasteiger partial charge in [0.05, 0.1) is 36.0 Å². The predicted octanol–water partition coefficient (Wildman–Crippen LogP) is 5.34. The van der Waals surface area contributed by atoms with Gasteiger partial charge in [0.1, 0.15) is 0 Å². The maximum atomic E-state index is 14.0. The van der Waals surface area contributed by atoms with Crippen molar-refractivity contribution in [2.24, 2.45) is 5.73 Å². The first kappa shape index (κ1) is 30.1. The Balaban J connectivity index is 1.67. The fourth-order valence-electron chi connectivity index (χ4n) is 5.32. The summed E-state index contributed by atoms with van der Waals surface area (Å²) in [4.78, 5) is 26.6. The molecule has 0 fully saturated rings. The zero-order valence-corrected chi connectivity index (χ0v) is 23.9. The summed E-state index contributed by atoms with van der Waals surface area (Å²) in [6.45, 7) is 2.96. The Bertz CT molecular complexity index is 1370. The van der Waals surface area contributed by atoms with Crippen LogP contribution < -0.4 is 16.4 Å². The molecule has 1 aliphatic heterocycles. The Hall–Kier alpha value is -3.91. The molecule has 4 rings (SSSR count). The third-order valence-corrected chi connectivity index (χ3v) is 7.41. The number of nitrogens with two attached hydrogens (primary N) is 1. The van der Waals surface area contributed by atoms with Crippen LogP contribution in [0.3, 0.4) is 0 Å². The molecule has 1 aliphatic rings. The molecule has 1 heterocycles. The SMILES string of the molecule is CCC1=C(C(=O)O)C(c2cccc(Cl)c2)C(C(=O)NCCC(c2ccccc2)c2ccccc2)=C(COCCN)N1. The van der Waals surface area contributed by atoms with E-state index >= 15 is 0 Å². The molecule has 8 heteroatoms. The molecular formula is C33H36ClN3O4. The van der Waals surface area contributed by atoms with Gasteiger partial charge in [-0.15, -0.1) is 0 Å². The van der Waals surface area contributed by atoms with Gasteiger partial charge in [0.2, 0.25) is 5.91 Å². The van der Waals surface area contributed by atoms with Crippen LogP contribution in [-0.2, 0) is 14.3 Å². The van der Waals surface area contributed by atoms with Gasteiger partial charge in [-0.1, -0.05) is 91.3 Å². The number of carbonyl (C=O) groups is 2. The third kappa shape index (κ3) is 7.44. The van der Waals surface area contributed by atoms with Gasteiger partial charge in [-0.25, -0.2) is 4.79 Å². The molecule has 0 radical (unpaired) electrons. The van der Waals surface area contributed by atoms with E-state index in [0.717, 1.165) is 11.1 Å². The zero-order chi connectivity index (χ0) is 29.2. The first-order valence-corrected chi connectivity index (χ1v) is 14.2. The molecule has 0 aromatic heterocycles. The van der Waals surface area contributed by atoms with Gasteiger partial charge < -0.3 is 26.2 Å². The molecule has 214 valence electrons. The molecule has 3 aromatic carbocycles. The van der Waals surface area contributed by atoms with Gasteiger partial charge in [0.15, 0.2) is 0 Å². The number of allylic oxidation sites excluding steroid dienone is 1. The summed E-state index contributed by atoms with van der Waals surface area (Å²) in [7, 11) is 0. The third-order valence-electron chi connectivity index (χ3n) is 7.17. The Morgan fingerprint density at radius 2 is 1.63 bits per heavy atom. The number of hydrogen-bond donors (Lipinski definition) is 4. The van der Waals surface area contributed by atoms with Crippen molar-refractivity contribution in [3.63, 3.8) is 0 Å². The summed E-state index contributed by atoms with van der Waals surface area (Å²) in [6, 6.07) is 27.4. The highest BCUT2D eigenvalue weighted by Gasteiger charge is 2.38. The Morgan fingerprint density at radius 1 is 0.976 bits per heavy atom. The van der Waals surface area contributed by atoms with E-state index in [1.807, 2.05) is 43.3 Å². The minimum atomic E-state index is -1.10. The summed E-state index contributed by atoms with van der Waals surface area (Å²) < 4.78 is 5.74. The second-order valence-corrected chi connectivity index (χ2v) is 10.3. The van der Waals surface area contributed by atoms with Crippen LogP contribution in [0.15, 0.2) is 107 Å². The number of ether oxygens (including phenoxy) is 1. The monoisotopic (exact) mass is 573 g/mol. The maximum Gasteiger partial charge on any atom is 0.334 e. The smallest absolute Gasteiger partial charge is 0.334 e. The number of dihydropyridines is 1. The summed E-state index contributed by atoms with van der Waals surface area (Å²) in [5, 5.41) is 17.1. The molecule has 41 heavy (non-hydrogen) atoms. The minimum Gasteiger partial charge on any atom is -0.478 e. The van der Waals surface area contributed by atoms with Gasteiger partial charge in [0.25, 0.3) is 0 Å². The molecule has 0 aliphatic carbocycles. The Morgan fingerprint density at radius 3 is 2.20 bits per heavy atom. The highest BCUT2D eigenvalue weighted by atomic mass is 35.5. The van der Waals surface area contributed by atoms with Gasteiger partial charge in [-0.2, -0.15) is 0 Å². The lowest BCUT2D eigenvalue weighted by Gasteiger charge is -2.32. The normalized spacial score (nSPS) is 15.2. The summed E-state index contributed by atoms with van der Waals surface area (Å²) in [5.41, 5.74) is 10.0. The van der Waals surface area contributed by atoms with E-state index in [2.05, 4.69) is 34.9 Å². The number of nitrogens with one attached hydrogen (secondary N) is 2. The van der Waals surface area contributed by atoms with E-state index < -0.39 is 11.9 Å². The van der Waals surface area contributed by atoms with Crippen LogP contribution >= 0.6 is 11.6 Å². The predicted molar refractivity (Wildman–Crippen MR) is 162 cm³/mol. The lowest BCUT2D eigenvalue weighted by molar-refractivity contribution is -0.133. The topological polar surface area (TPSA) is 114 Å². The Kier molecular flexibility index (Phi) is 10.7. The number of benzene rings is 3. The van der Waals surface area contributed by atoms with Crippen molar-refractivity contribution in [3.05, 3.63) is 129 Å². The van der Waals surface area contributed by atoms with Crippen LogP contribution in [0.25, 0.3) is 0 Å². The fraction of sp³-hybridized carbons (Fsp3) is 0.273. The van der Waals surface area contributed by atoms with Crippen molar-refractivity contribution in [3.8, 4) is 0 Å². The number of halogens is 1. The second kappa shape index (κ2) is 14.6. The van der Waals surface area contributed by atoms with E-state index in [1.54, 1.807) is 24.3 Å². The molecule has 7 nitrogen and oxygen atoms in total. The lowest BCUT2D eigenvalue weighted by atomic mass is 9.79. The van der Waals surface area contributed by atoms with E-state index in [0.29, 0.717) is 60.1 Å². The summed E-state index contributed by atoms with van der Waals surface area (Å²) in [6.07, 6.45) is 1.09. The van der Waals surface area contributed by atoms with Gasteiger partial charge in [-0.05, 0) is 41.7 Å². The van der Waals surface area contributed by atoms with Crippen LogP contribution in [-0.4, -0.2) is 43.3 Å². The van der Waals surface area contributed by atoms with E-state index in [4.69, 9.17) is 22.1 Å². The quantitative estimate of drug-likeness (QED) is 0.205. The van der Waals surface area contributed by atoms with Crippen LogP contribution in [0, 0.1) is 0 Å². The maximum absolute atomic E-state index is 14.0. The number of carboxylic acid groups (broad SMARTS) is 1. The number of amides is 1. The van der Waals surface area contributed by atoms with Crippen molar-refractivity contribution in [2.45, 2.75) is 31.6 Å². The van der Waals surface area contributed by atoms with Crippen LogP contribution in [0.4, 0.5) is 0 Å². The van der Waals surface area contributed by atoms with E-state index in [9.17, 15) is 14.7 Å². The number of rotatable bonds is 13. The molecule has 0 saturated carbocycles. The van der Waals surface area contributed by atoms with E-state index in [-0.39, 0.29) is 24.0 Å². The van der Waals surface area contributed by atoms with Gasteiger partial charge in [-0.3, -0.25) is 4.79 Å². The number of carboxylic acids is 1. The molecule has 1 amide bonds. The minimum absolute atomic E-state index is 0.0772. The van der Waals surface area contributed by atoms with Crippen molar-refractivity contribution >= 4 is 23.5 Å². The van der Waals surface area contributed by atoms with Crippen molar-refractivity contribution < 1.29 is 19.4 Å². The molecule has 3 aromatic rings. The fourth-order valence-corrected chi connectivity index (χ4v) is 5.52. The second-order valence-electron chi connectivity index (χ2n) is 9.82. The van der Waals surface area contributed by atoms with E-state index in [1.165, 1.54) is 0 Å². The highest BCUT2D eigenvalue weighted by molar-refractivity contribution is 6.30. The van der Waals surface area contributed by atoms with Crippen LogP contribution in [0.5, 0.6) is 0 Å². The average Bonchev–Trinajstić information content (AvgIpc) is 2.99. The number of carbonyl (C=O) groups excluding carboxylic acids is 1.